The predicted octanol–water partition coefficient (Wildman–Crippen LogP) is 4.98. The van der Waals surface area contributed by atoms with Crippen molar-refractivity contribution < 1.29 is 0 Å². The summed E-state index contributed by atoms with van der Waals surface area (Å²) < 4.78 is 0. The average Bonchev–Trinajstić information content (AvgIpc) is 2.92. The first kappa shape index (κ1) is 16.5. The average molecular weight is 321 g/mol. The summed E-state index contributed by atoms with van der Waals surface area (Å²) in [5.41, 5.74) is 2.47. The van der Waals surface area contributed by atoms with Gasteiger partial charge in [-0.15, -0.1) is 23.1 Å². The fraction of sp³-hybridized carbons (Fsp3) is 0.471. The molecule has 0 saturated carbocycles. The fourth-order valence-corrected chi connectivity index (χ4v) is 3.95. The van der Waals surface area contributed by atoms with E-state index in [2.05, 4.69) is 50.4 Å². The maximum atomic E-state index is 4.83. The van der Waals surface area contributed by atoms with Gasteiger partial charge in [-0.3, -0.25) is 0 Å². The monoisotopic (exact) mass is 320 g/mol. The first-order chi connectivity index (χ1) is 10.3. The number of thiazole rings is 1. The van der Waals surface area contributed by atoms with E-state index in [1.54, 1.807) is 0 Å². The van der Waals surface area contributed by atoms with E-state index < -0.39 is 0 Å². The lowest BCUT2D eigenvalue weighted by molar-refractivity contribution is 0.677. The molecule has 0 amide bonds. The molecule has 114 valence electrons. The Kier molecular flexibility index (Phi) is 6.74. The largest absolute Gasteiger partial charge is 0.312 e. The van der Waals surface area contributed by atoms with Crippen molar-refractivity contribution in [2.45, 2.75) is 45.1 Å². The molecule has 1 aromatic heterocycles. The van der Waals surface area contributed by atoms with Crippen molar-refractivity contribution in [3.63, 3.8) is 0 Å². The molecule has 1 heterocycles. The molecule has 4 heteroatoms. The molecule has 1 N–H and O–H groups in total. The second kappa shape index (κ2) is 8.57. The van der Waals surface area contributed by atoms with Crippen molar-refractivity contribution in [2.24, 2.45) is 0 Å². The van der Waals surface area contributed by atoms with Gasteiger partial charge in [0.2, 0.25) is 0 Å². The molecule has 21 heavy (non-hydrogen) atoms. The van der Waals surface area contributed by atoms with Crippen LogP contribution in [0.25, 0.3) is 10.6 Å². The van der Waals surface area contributed by atoms with E-state index >= 15 is 0 Å². The van der Waals surface area contributed by atoms with Crippen molar-refractivity contribution in [1.82, 2.24) is 10.3 Å². The first-order valence-electron chi connectivity index (χ1n) is 7.71. The number of nitrogens with one attached hydrogen (secondary N) is 1. The number of rotatable bonds is 8. The molecular formula is C17H24N2S2. The van der Waals surface area contributed by atoms with Crippen LogP contribution in [0.15, 0.2) is 29.2 Å². The predicted molar refractivity (Wildman–Crippen MR) is 95.3 cm³/mol. The molecule has 0 aliphatic carbocycles. The van der Waals surface area contributed by atoms with Crippen molar-refractivity contribution in [3.05, 3.63) is 34.8 Å². The van der Waals surface area contributed by atoms with Crippen LogP contribution in [0.1, 0.15) is 37.8 Å². The highest BCUT2D eigenvalue weighted by molar-refractivity contribution is 7.99. The third-order valence-corrected chi connectivity index (χ3v) is 5.28. The summed E-state index contributed by atoms with van der Waals surface area (Å²) in [5, 5.41) is 4.63. The molecule has 0 fully saturated rings. The van der Waals surface area contributed by atoms with Gasteiger partial charge in [0.1, 0.15) is 5.01 Å². The van der Waals surface area contributed by atoms with Crippen LogP contribution in [0.2, 0.25) is 0 Å². The summed E-state index contributed by atoms with van der Waals surface area (Å²) in [6.45, 7) is 8.57. The standard InChI is InChI=1S/C17H24N2S2/c1-4-11-18-12-16-15(5-2)19-17(21-16)13-7-9-14(10-8-13)20-6-3/h7-10,18H,4-6,11-12H2,1-3H3. The second-order valence-electron chi connectivity index (χ2n) is 4.88. The van der Waals surface area contributed by atoms with E-state index in [9.17, 15) is 0 Å². The van der Waals surface area contributed by atoms with Crippen LogP contribution in [0.3, 0.4) is 0 Å². The summed E-state index contributed by atoms with van der Waals surface area (Å²) in [7, 11) is 0. The fourth-order valence-electron chi connectivity index (χ4n) is 2.16. The van der Waals surface area contributed by atoms with Gasteiger partial charge in [0.25, 0.3) is 0 Å². The van der Waals surface area contributed by atoms with Crippen molar-refractivity contribution in [1.29, 1.82) is 0 Å². The summed E-state index contributed by atoms with van der Waals surface area (Å²) >= 11 is 3.71. The van der Waals surface area contributed by atoms with Crippen molar-refractivity contribution >= 4 is 23.1 Å². The van der Waals surface area contributed by atoms with Gasteiger partial charge in [-0.25, -0.2) is 4.98 Å². The van der Waals surface area contributed by atoms with E-state index in [0.717, 1.165) is 30.3 Å². The molecule has 0 radical (unpaired) electrons. The molecule has 0 aliphatic rings. The van der Waals surface area contributed by atoms with E-state index in [4.69, 9.17) is 4.98 Å². The van der Waals surface area contributed by atoms with E-state index in [0.29, 0.717) is 0 Å². The van der Waals surface area contributed by atoms with Gasteiger partial charge in [-0.2, -0.15) is 0 Å². The van der Waals surface area contributed by atoms with E-state index in [1.807, 2.05) is 23.1 Å². The molecule has 2 aromatic rings. The number of nitrogens with zero attached hydrogens (tertiary/aromatic N) is 1. The summed E-state index contributed by atoms with van der Waals surface area (Å²) in [6.07, 6.45) is 2.17. The Morgan fingerprint density at radius 1 is 1.14 bits per heavy atom. The third kappa shape index (κ3) is 4.56. The summed E-state index contributed by atoms with van der Waals surface area (Å²) in [5.74, 6) is 1.11. The summed E-state index contributed by atoms with van der Waals surface area (Å²) in [6, 6.07) is 8.79. The van der Waals surface area contributed by atoms with E-state index in [-0.39, 0.29) is 0 Å². The maximum absolute atomic E-state index is 4.83. The van der Waals surface area contributed by atoms with Crippen LogP contribution < -0.4 is 5.32 Å². The van der Waals surface area contributed by atoms with Crippen LogP contribution in [0.5, 0.6) is 0 Å². The van der Waals surface area contributed by atoms with Crippen LogP contribution in [0.4, 0.5) is 0 Å². The molecule has 0 unspecified atom stereocenters. The van der Waals surface area contributed by atoms with Gasteiger partial charge in [0.05, 0.1) is 5.69 Å². The van der Waals surface area contributed by atoms with Crippen molar-refractivity contribution in [3.8, 4) is 10.6 Å². The number of benzene rings is 1. The Morgan fingerprint density at radius 3 is 2.52 bits per heavy atom. The summed E-state index contributed by atoms with van der Waals surface area (Å²) in [4.78, 5) is 7.54. The molecular weight excluding hydrogens is 296 g/mol. The maximum Gasteiger partial charge on any atom is 0.123 e. The Bertz CT molecular complexity index is 546. The van der Waals surface area contributed by atoms with Crippen LogP contribution in [0, 0.1) is 0 Å². The second-order valence-corrected chi connectivity index (χ2v) is 7.30. The number of aryl methyl sites for hydroxylation is 1. The number of aromatic nitrogens is 1. The highest BCUT2D eigenvalue weighted by Gasteiger charge is 2.11. The van der Waals surface area contributed by atoms with Gasteiger partial charge in [-0.05, 0) is 37.3 Å². The molecule has 0 aliphatic heterocycles. The molecule has 0 atom stereocenters. The lowest BCUT2D eigenvalue weighted by atomic mass is 10.2. The number of hydrogen-bond donors (Lipinski definition) is 1. The van der Waals surface area contributed by atoms with Crippen LogP contribution in [-0.4, -0.2) is 17.3 Å². The van der Waals surface area contributed by atoms with Gasteiger partial charge < -0.3 is 5.32 Å². The molecule has 2 nitrogen and oxygen atoms in total. The van der Waals surface area contributed by atoms with Gasteiger partial charge >= 0.3 is 0 Å². The van der Waals surface area contributed by atoms with Crippen LogP contribution in [-0.2, 0) is 13.0 Å². The number of thioether (sulfide) groups is 1. The Balaban J connectivity index is 2.15. The van der Waals surface area contributed by atoms with Gasteiger partial charge in [0.15, 0.2) is 0 Å². The zero-order chi connectivity index (χ0) is 15.1. The first-order valence-corrected chi connectivity index (χ1v) is 9.51. The normalized spacial score (nSPS) is 11.0. The highest BCUT2D eigenvalue weighted by atomic mass is 32.2. The lowest BCUT2D eigenvalue weighted by Gasteiger charge is -2.01. The zero-order valence-corrected chi connectivity index (χ0v) is 14.7. The van der Waals surface area contributed by atoms with E-state index in [1.165, 1.54) is 27.5 Å². The number of hydrogen-bond acceptors (Lipinski definition) is 4. The third-order valence-electron chi connectivity index (χ3n) is 3.24. The zero-order valence-electron chi connectivity index (χ0n) is 13.1. The van der Waals surface area contributed by atoms with Gasteiger partial charge in [-0.1, -0.05) is 32.9 Å². The Morgan fingerprint density at radius 2 is 1.90 bits per heavy atom. The SMILES string of the molecule is CCCNCc1sc(-c2ccc(SCC)cc2)nc1CC. The lowest BCUT2D eigenvalue weighted by Crippen LogP contribution is -2.13. The quantitative estimate of drug-likeness (QED) is 0.548. The smallest absolute Gasteiger partial charge is 0.123 e. The Hall–Kier alpha value is -0.840. The molecule has 0 spiro atoms. The minimum Gasteiger partial charge on any atom is -0.312 e. The topological polar surface area (TPSA) is 24.9 Å². The Labute approximate surface area is 136 Å². The highest BCUT2D eigenvalue weighted by Crippen LogP contribution is 2.30. The van der Waals surface area contributed by atoms with Gasteiger partial charge in [0, 0.05) is 21.9 Å². The van der Waals surface area contributed by atoms with Crippen molar-refractivity contribution in [2.75, 3.05) is 12.3 Å². The molecule has 1 aromatic carbocycles. The minimum absolute atomic E-state index is 0.943. The molecule has 0 bridgehead atoms. The van der Waals surface area contributed by atoms with Crippen LogP contribution >= 0.6 is 23.1 Å². The minimum atomic E-state index is 0.943. The molecule has 0 saturated heterocycles. The molecule has 2 rings (SSSR count).